The lowest BCUT2D eigenvalue weighted by atomic mass is 10.1. The zero-order valence-electron chi connectivity index (χ0n) is 13.6. The molecule has 1 aromatic carbocycles. The number of benzene rings is 1. The Hall–Kier alpha value is -3.07. The van der Waals surface area contributed by atoms with Crippen LogP contribution in [0.15, 0.2) is 42.7 Å². The smallest absolute Gasteiger partial charge is 0.225 e. The van der Waals surface area contributed by atoms with Crippen LogP contribution in [-0.4, -0.2) is 26.2 Å². The summed E-state index contributed by atoms with van der Waals surface area (Å²) < 4.78 is 5.99. The Labute approximate surface area is 148 Å². The maximum absolute atomic E-state index is 11.5. The van der Waals surface area contributed by atoms with Gasteiger partial charge >= 0.3 is 0 Å². The highest BCUT2D eigenvalue weighted by Gasteiger charge is 2.20. The van der Waals surface area contributed by atoms with Crippen LogP contribution < -0.4 is 15.5 Å². The summed E-state index contributed by atoms with van der Waals surface area (Å²) in [6, 6.07) is 8.89. The summed E-state index contributed by atoms with van der Waals surface area (Å²) in [5.41, 5.74) is 3.78. The second kappa shape index (κ2) is 6.68. The molecule has 3 aromatic rings. The van der Waals surface area contributed by atoms with Gasteiger partial charge in [-0.25, -0.2) is 4.98 Å². The molecule has 132 valence electrons. The van der Waals surface area contributed by atoms with Gasteiger partial charge in [0.15, 0.2) is 6.23 Å². The van der Waals surface area contributed by atoms with E-state index in [9.17, 15) is 9.90 Å². The van der Waals surface area contributed by atoms with Crippen LogP contribution in [0.3, 0.4) is 0 Å². The molecule has 0 spiro atoms. The second-order valence-electron chi connectivity index (χ2n) is 5.94. The van der Waals surface area contributed by atoms with Crippen LogP contribution in [0, 0.1) is 0 Å². The maximum atomic E-state index is 11.5. The number of carbonyl (C=O) groups is 1. The number of nitrogens with zero attached hydrogens (tertiary/aromatic N) is 2. The molecule has 0 fully saturated rings. The monoisotopic (exact) mass is 352 g/mol. The first-order valence-electron chi connectivity index (χ1n) is 8.07. The first kappa shape index (κ1) is 16.4. The lowest BCUT2D eigenvalue weighted by Crippen LogP contribution is -2.20. The van der Waals surface area contributed by atoms with E-state index in [1.807, 2.05) is 6.07 Å². The van der Waals surface area contributed by atoms with Crippen molar-refractivity contribution in [1.82, 2.24) is 15.4 Å². The molecule has 26 heavy (non-hydrogen) atoms. The fourth-order valence-corrected chi connectivity index (χ4v) is 2.89. The number of aliphatic hydroxyl groups is 1. The van der Waals surface area contributed by atoms with Gasteiger partial charge in [-0.05, 0) is 30.7 Å². The van der Waals surface area contributed by atoms with E-state index in [1.54, 1.807) is 35.9 Å². The van der Waals surface area contributed by atoms with E-state index < -0.39 is 6.23 Å². The fourth-order valence-electron chi connectivity index (χ4n) is 2.89. The number of aliphatic hydroxyl groups excluding tert-OH is 1. The van der Waals surface area contributed by atoms with Gasteiger partial charge in [0.1, 0.15) is 17.3 Å². The van der Waals surface area contributed by atoms with Crippen molar-refractivity contribution in [2.24, 2.45) is 0 Å². The number of hydrogen-bond acceptors (Lipinski definition) is 7. The van der Waals surface area contributed by atoms with Gasteiger partial charge in [-0.15, -0.1) is 0 Å². The third-order valence-electron chi connectivity index (χ3n) is 4.22. The van der Waals surface area contributed by atoms with Gasteiger partial charge in [0, 0.05) is 41.4 Å². The van der Waals surface area contributed by atoms with Crippen molar-refractivity contribution in [2.75, 3.05) is 5.32 Å². The molecule has 0 bridgehead atoms. The molecule has 0 radical (unpaired) electrons. The number of aromatic nitrogens is 2. The van der Waals surface area contributed by atoms with Crippen LogP contribution in [0.25, 0.3) is 10.9 Å². The summed E-state index contributed by atoms with van der Waals surface area (Å²) in [7, 11) is 0. The summed E-state index contributed by atoms with van der Waals surface area (Å²) in [6.07, 6.45) is 2.85. The molecular formula is C18H16N4O4. The molecule has 0 aliphatic carbocycles. The molecule has 0 saturated carbocycles. The predicted octanol–water partition coefficient (Wildman–Crippen LogP) is 2.28. The number of anilines is 1. The highest BCUT2D eigenvalue weighted by atomic mass is 16.5. The van der Waals surface area contributed by atoms with Crippen molar-refractivity contribution in [3.63, 3.8) is 0 Å². The van der Waals surface area contributed by atoms with Crippen molar-refractivity contribution >= 4 is 22.6 Å². The van der Waals surface area contributed by atoms with Crippen molar-refractivity contribution in [1.29, 1.82) is 0 Å². The number of hydroxylamine groups is 1. The van der Waals surface area contributed by atoms with Crippen molar-refractivity contribution in [2.45, 2.75) is 19.1 Å². The normalized spacial score (nSPS) is 14.6. The SMILES string of the molecule is O=C1CCc2c(Oc3ccc4cc(C(O)NO)cnc4c3)ccnc2N1. The van der Waals surface area contributed by atoms with Gasteiger partial charge in [-0.1, -0.05) is 0 Å². The third kappa shape index (κ3) is 3.08. The Morgan fingerprint density at radius 2 is 2.08 bits per heavy atom. The van der Waals surface area contributed by atoms with Crippen molar-refractivity contribution < 1.29 is 19.8 Å². The van der Waals surface area contributed by atoms with E-state index in [4.69, 9.17) is 9.94 Å². The van der Waals surface area contributed by atoms with Gasteiger partial charge in [-0.3, -0.25) is 9.78 Å². The number of pyridine rings is 2. The lowest BCUT2D eigenvalue weighted by molar-refractivity contribution is -0.116. The zero-order valence-corrected chi connectivity index (χ0v) is 13.6. The molecule has 1 aliphatic rings. The first-order chi connectivity index (χ1) is 12.6. The number of carbonyl (C=O) groups excluding carboxylic acids is 1. The van der Waals surface area contributed by atoms with Crippen molar-refractivity contribution in [3.05, 3.63) is 53.9 Å². The van der Waals surface area contributed by atoms with Gasteiger partial charge in [0.05, 0.1) is 5.52 Å². The Morgan fingerprint density at radius 1 is 1.19 bits per heavy atom. The highest BCUT2D eigenvalue weighted by molar-refractivity contribution is 5.93. The van der Waals surface area contributed by atoms with Crippen LogP contribution in [0.4, 0.5) is 5.82 Å². The van der Waals surface area contributed by atoms with E-state index in [-0.39, 0.29) is 5.91 Å². The Bertz CT molecular complexity index is 992. The number of rotatable bonds is 4. The summed E-state index contributed by atoms with van der Waals surface area (Å²) in [4.78, 5) is 20.0. The molecule has 1 aliphatic heterocycles. The Kier molecular flexibility index (Phi) is 4.21. The minimum absolute atomic E-state index is 0.0487. The lowest BCUT2D eigenvalue weighted by Gasteiger charge is -2.18. The van der Waals surface area contributed by atoms with Crippen molar-refractivity contribution in [3.8, 4) is 11.5 Å². The van der Waals surface area contributed by atoms with Gasteiger partial charge in [0.25, 0.3) is 0 Å². The van der Waals surface area contributed by atoms with Gasteiger partial charge in [-0.2, -0.15) is 5.48 Å². The van der Waals surface area contributed by atoms with E-state index in [1.165, 1.54) is 6.20 Å². The van der Waals surface area contributed by atoms with E-state index in [0.717, 1.165) is 10.9 Å². The number of amides is 1. The maximum Gasteiger partial charge on any atom is 0.225 e. The fraction of sp³-hybridized carbons (Fsp3) is 0.167. The minimum atomic E-state index is -1.19. The quantitative estimate of drug-likeness (QED) is 0.420. The summed E-state index contributed by atoms with van der Waals surface area (Å²) in [6.45, 7) is 0. The van der Waals surface area contributed by atoms with Crippen LogP contribution in [0.5, 0.6) is 11.5 Å². The molecule has 4 N–H and O–H groups in total. The van der Waals surface area contributed by atoms with Crippen LogP contribution >= 0.6 is 0 Å². The minimum Gasteiger partial charge on any atom is -0.457 e. The van der Waals surface area contributed by atoms with E-state index in [2.05, 4.69) is 15.3 Å². The van der Waals surface area contributed by atoms with E-state index in [0.29, 0.717) is 41.2 Å². The first-order valence-corrected chi connectivity index (χ1v) is 8.07. The molecule has 0 saturated heterocycles. The molecule has 1 amide bonds. The third-order valence-corrected chi connectivity index (χ3v) is 4.22. The van der Waals surface area contributed by atoms with Crippen LogP contribution in [-0.2, 0) is 11.2 Å². The molecule has 1 atom stereocenters. The average molecular weight is 352 g/mol. The predicted molar refractivity (Wildman–Crippen MR) is 92.9 cm³/mol. The number of fused-ring (bicyclic) bond motifs is 2. The number of hydrogen-bond donors (Lipinski definition) is 4. The van der Waals surface area contributed by atoms with Crippen LogP contribution in [0.2, 0.25) is 0 Å². The molecule has 3 heterocycles. The molecule has 4 rings (SSSR count). The molecule has 1 unspecified atom stereocenters. The highest BCUT2D eigenvalue weighted by Crippen LogP contribution is 2.33. The molecule has 8 nitrogen and oxygen atoms in total. The summed E-state index contributed by atoms with van der Waals surface area (Å²) in [5, 5.41) is 22.0. The Morgan fingerprint density at radius 3 is 2.92 bits per heavy atom. The number of nitrogens with one attached hydrogen (secondary N) is 2. The largest absolute Gasteiger partial charge is 0.457 e. The van der Waals surface area contributed by atoms with Crippen LogP contribution in [0.1, 0.15) is 23.8 Å². The zero-order chi connectivity index (χ0) is 18.1. The molecule has 8 heteroatoms. The summed E-state index contributed by atoms with van der Waals surface area (Å²) in [5.74, 6) is 1.73. The van der Waals surface area contributed by atoms with E-state index >= 15 is 0 Å². The topological polar surface area (TPSA) is 117 Å². The molecular weight excluding hydrogens is 336 g/mol. The number of ether oxygens (including phenoxy) is 1. The van der Waals surface area contributed by atoms with Gasteiger partial charge < -0.3 is 20.4 Å². The van der Waals surface area contributed by atoms with Gasteiger partial charge in [0.2, 0.25) is 5.91 Å². The Balaban J connectivity index is 1.64. The second-order valence-corrected chi connectivity index (χ2v) is 5.94. The average Bonchev–Trinajstić information content (AvgIpc) is 2.67. The summed E-state index contributed by atoms with van der Waals surface area (Å²) >= 11 is 0. The standard InChI is InChI=1S/C18H16N4O4/c23-16-4-3-13-15(5-6-19-17(13)21-16)26-12-2-1-10-7-11(18(24)22-25)9-20-14(10)8-12/h1-2,5-9,18,22,24-25H,3-4H2,(H,19,21,23). The molecule has 2 aromatic heterocycles.